The van der Waals surface area contributed by atoms with E-state index in [-0.39, 0.29) is 5.78 Å². The molecule has 0 spiro atoms. The van der Waals surface area contributed by atoms with Gasteiger partial charge in [0.05, 0.1) is 20.5 Å². The van der Waals surface area contributed by atoms with E-state index < -0.39 is 18.9 Å². The van der Waals surface area contributed by atoms with Gasteiger partial charge in [0, 0.05) is 32.6 Å². The van der Waals surface area contributed by atoms with Crippen LogP contribution in [0.5, 0.6) is 0 Å². The Balaban J connectivity index is 2.10. The summed E-state index contributed by atoms with van der Waals surface area (Å²) >= 11 is 4.70. The van der Waals surface area contributed by atoms with Gasteiger partial charge in [-0.1, -0.05) is 30.0 Å². The number of hydrogen-bond acceptors (Lipinski definition) is 5. The normalized spacial score (nSPS) is 17.8. The van der Waals surface area contributed by atoms with Crippen LogP contribution in [0.1, 0.15) is 20.3 Å². The third-order valence-corrected chi connectivity index (χ3v) is 8.19. The second kappa shape index (κ2) is 10.3. The van der Waals surface area contributed by atoms with E-state index in [9.17, 15) is 4.79 Å². The lowest BCUT2D eigenvalue weighted by Gasteiger charge is -2.35. The molecule has 1 aromatic heterocycles. The Morgan fingerprint density at radius 1 is 1.35 bits per heavy atom. The zero-order chi connectivity index (χ0) is 19.1. The second-order valence-electron chi connectivity index (χ2n) is 6.16. The molecule has 0 radical (unpaired) electrons. The Morgan fingerprint density at radius 2 is 2.04 bits per heavy atom. The van der Waals surface area contributed by atoms with Crippen molar-refractivity contribution in [2.75, 3.05) is 47.9 Å². The summed E-state index contributed by atoms with van der Waals surface area (Å²) < 4.78 is 4.74. The third-order valence-electron chi connectivity index (χ3n) is 4.38. The summed E-state index contributed by atoms with van der Waals surface area (Å²) in [5.41, 5.74) is 1.60. The average molecular weight is 491 g/mol. The lowest BCUT2D eigenvalue weighted by molar-refractivity contribution is -0.115. The van der Waals surface area contributed by atoms with Gasteiger partial charge in [-0.05, 0) is 29.7 Å². The highest BCUT2D eigenvalue weighted by molar-refractivity contribution is 14.2. The first-order valence-corrected chi connectivity index (χ1v) is 13.9. The molecule has 0 saturated carbocycles. The van der Waals surface area contributed by atoms with Gasteiger partial charge < -0.3 is 15.1 Å². The summed E-state index contributed by atoms with van der Waals surface area (Å²) in [6.45, 7) is 9.32. The molecule has 0 aromatic carbocycles. The molecule has 0 unspecified atom stereocenters. The fourth-order valence-electron chi connectivity index (χ4n) is 2.69. The minimum atomic E-state index is -1.55. The topological polar surface area (TPSA) is 48.5 Å². The maximum absolute atomic E-state index is 12.2. The van der Waals surface area contributed by atoms with Crippen molar-refractivity contribution in [3.05, 3.63) is 30.1 Å². The molecule has 1 N–H and O–H groups in total. The van der Waals surface area contributed by atoms with E-state index in [1.807, 2.05) is 24.1 Å². The van der Waals surface area contributed by atoms with Crippen LogP contribution in [0.15, 0.2) is 30.1 Å². The molecule has 1 saturated heterocycles. The molecule has 26 heavy (non-hydrogen) atoms. The highest BCUT2D eigenvalue weighted by atomic mass is 127. The number of allylic oxidation sites excluding steroid dienone is 2. The summed E-state index contributed by atoms with van der Waals surface area (Å²) in [4.78, 5) is 23.5. The second-order valence-corrected chi connectivity index (χ2v) is 11.7. The lowest BCUT2D eigenvalue weighted by Crippen LogP contribution is -2.46. The first kappa shape index (κ1) is 21.2. The van der Waals surface area contributed by atoms with Crippen molar-refractivity contribution >= 4 is 55.2 Å². The highest BCUT2D eigenvalue weighted by Gasteiger charge is 2.16. The van der Waals surface area contributed by atoms with Gasteiger partial charge in [0.25, 0.3) is 0 Å². The molecular weight excluding hydrogens is 463 g/mol. The van der Waals surface area contributed by atoms with Gasteiger partial charge in [-0.2, -0.15) is 0 Å². The van der Waals surface area contributed by atoms with Gasteiger partial charge in [-0.15, -0.1) is 18.9 Å². The van der Waals surface area contributed by atoms with Gasteiger partial charge in [0.1, 0.15) is 5.82 Å². The number of anilines is 2. The van der Waals surface area contributed by atoms with Crippen LogP contribution >= 0.6 is 30.5 Å². The lowest BCUT2D eigenvalue weighted by atomic mass is 10.2. The number of nitrogens with one attached hydrogen (secondary N) is 1. The molecule has 1 aliphatic rings. The zero-order valence-corrected chi connectivity index (χ0v) is 18.7. The maximum atomic E-state index is 12.2. The molecule has 2 rings (SSSR count). The molecule has 1 aliphatic heterocycles. The fraction of sp³-hybridized carbons (Fsp3) is 0.474. The van der Waals surface area contributed by atoms with Gasteiger partial charge >= 0.3 is 0 Å². The number of pyridine rings is 1. The molecule has 144 valence electrons. The molecule has 0 bridgehead atoms. The summed E-state index contributed by atoms with van der Waals surface area (Å²) in [6.07, 6.45) is 4.01. The van der Waals surface area contributed by atoms with Crippen molar-refractivity contribution in [2.45, 2.75) is 20.3 Å². The molecular formula is C19H28ClIN4O. The quantitative estimate of drug-likeness (QED) is 0.360. The Hall–Kier alpha value is -1.12. The molecule has 7 heteroatoms. The van der Waals surface area contributed by atoms with E-state index in [4.69, 9.17) is 11.6 Å². The smallest absolute Gasteiger partial charge is 0.178 e. The predicted octanol–water partition coefficient (Wildman–Crippen LogP) is 3.44. The number of likely N-dealkylation sites (N-methyl/N-ethyl adjacent to an activating group) is 1. The van der Waals surface area contributed by atoms with E-state index in [2.05, 4.69) is 37.6 Å². The molecule has 0 amide bonds. The largest absolute Gasteiger partial charge is 0.368 e. The number of hydrogen-bond donors (Lipinski definition) is 1. The van der Waals surface area contributed by atoms with Gasteiger partial charge in [0.2, 0.25) is 0 Å². The van der Waals surface area contributed by atoms with Crippen LogP contribution in [-0.4, -0.2) is 60.8 Å². The predicted molar refractivity (Wildman–Crippen MR) is 123 cm³/mol. The van der Waals surface area contributed by atoms with Crippen molar-refractivity contribution in [1.82, 2.24) is 9.88 Å². The standard InChI is InChI=1S/C19H28ClIN4O/c1-5-17(26)16(13-18(20)21(3)4)23-19-8-7-15(14-22-19)25-11-9-24(6-2)10-12-25/h7-8,13-14H,3,5-6,9-12H2,1-2,4H3,(H,22,23)/b16-13+. The Bertz CT molecular complexity index is 730. The first-order valence-electron chi connectivity index (χ1n) is 8.81. The number of nitrogens with zero attached hydrogens (tertiary/aromatic N) is 3. The van der Waals surface area contributed by atoms with Crippen molar-refractivity contribution in [3.8, 4) is 0 Å². The number of alkyl halides is 1. The first-order chi connectivity index (χ1) is 12.4. The minimum Gasteiger partial charge on any atom is -0.368 e. The number of ketones is 1. The summed E-state index contributed by atoms with van der Waals surface area (Å²) in [5.74, 6) is 0.668. The molecule has 1 aromatic rings. The molecule has 2 heterocycles. The SMILES string of the molecule is C=I(C)=C(Cl)/C=C(/Nc1ccc(N2CCN(CC)CC2)cn1)C(=O)CC. The van der Waals surface area contributed by atoms with Crippen LogP contribution < -0.4 is 10.2 Å². The van der Waals surface area contributed by atoms with Gasteiger partial charge in [-0.3, -0.25) is 4.79 Å². The van der Waals surface area contributed by atoms with E-state index >= 15 is 0 Å². The third kappa shape index (κ3) is 5.96. The summed E-state index contributed by atoms with van der Waals surface area (Å²) in [5, 5.41) is 3.13. The van der Waals surface area contributed by atoms with E-state index in [1.165, 1.54) is 0 Å². The van der Waals surface area contributed by atoms with Crippen LogP contribution in [0.25, 0.3) is 0 Å². The maximum Gasteiger partial charge on any atom is 0.178 e. The summed E-state index contributed by atoms with van der Waals surface area (Å²) in [7, 11) is 0. The zero-order valence-electron chi connectivity index (χ0n) is 15.8. The van der Waals surface area contributed by atoms with Crippen LogP contribution in [0, 0.1) is 0 Å². The van der Waals surface area contributed by atoms with Crippen LogP contribution in [0.3, 0.4) is 0 Å². The molecule has 5 nitrogen and oxygen atoms in total. The van der Waals surface area contributed by atoms with Crippen LogP contribution in [0.4, 0.5) is 11.5 Å². The van der Waals surface area contributed by atoms with Crippen molar-refractivity contribution in [3.63, 3.8) is 0 Å². The number of carbonyl (C=O) groups is 1. The number of aromatic nitrogens is 1. The Kier molecular flexibility index (Phi) is 8.37. The molecule has 1 fully saturated rings. The number of rotatable bonds is 7. The van der Waals surface area contributed by atoms with Gasteiger partial charge in [0.15, 0.2) is 5.78 Å². The van der Waals surface area contributed by atoms with Crippen LogP contribution in [-0.2, 0) is 4.79 Å². The van der Waals surface area contributed by atoms with Gasteiger partial charge in [-0.25, -0.2) is 4.98 Å². The highest BCUT2D eigenvalue weighted by Crippen LogP contribution is 2.19. The number of carbonyl (C=O) groups excluding carboxylic acids is 1. The van der Waals surface area contributed by atoms with E-state index in [0.29, 0.717) is 20.9 Å². The van der Waals surface area contributed by atoms with Crippen molar-refractivity contribution in [2.24, 2.45) is 0 Å². The Labute approximate surface area is 167 Å². The van der Waals surface area contributed by atoms with Crippen molar-refractivity contribution in [1.29, 1.82) is 0 Å². The number of halogens is 2. The monoisotopic (exact) mass is 490 g/mol. The number of Topliss-reactive ketones (excluding diaryl/α,β-unsaturated/α-hetero) is 1. The molecule has 0 atom stereocenters. The fourth-order valence-corrected chi connectivity index (χ4v) is 3.64. The number of piperazine rings is 1. The average Bonchev–Trinajstić information content (AvgIpc) is 2.67. The Morgan fingerprint density at radius 3 is 2.54 bits per heavy atom. The molecule has 0 aliphatic carbocycles. The van der Waals surface area contributed by atoms with E-state index in [1.54, 1.807) is 6.08 Å². The van der Waals surface area contributed by atoms with Crippen molar-refractivity contribution < 1.29 is 4.79 Å². The minimum absolute atomic E-state index is 0.0161. The van der Waals surface area contributed by atoms with Crippen LogP contribution in [0.2, 0.25) is 0 Å². The van der Waals surface area contributed by atoms with E-state index in [0.717, 1.165) is 38.4 Å². The summed E-state index contributed by atoms with van der Waals surface area (Å²) in [6, 6.07) is 3.97.